The van der Waals surface area contributed by atoms with Gasteiger partial charge in [0.25, 0.3) is 5.91 Å². The summed E-state index contributed by atoms with van der Waals surface area (Å²) in [5, 5.41) is 12.6. The molecule has 0 bridgehead atoms. The Morgan fingerprint density at radius 3 is 2.79 bits per heavy atom. The van der Waals surface area contributed by atoms with Gasteiger partial charge < -0.3 is 15.2 Å². The maximum Gasteiger partial charge on any atom is 0.308 e. The number of hydrogen-bond donors (Lipinski definition) is 2. The highest BCUT2D eigenvalue weighted by atomic mass is 35.5. The number of nitrogens with one attached hydrogen (secondary N) is 1. The lowest BCUT2D eigenvalue weighted by molar-refractivity contribution is -0.145. The molecular formula is C12H14ClNO4S. The maximum atomic E-state index is 11.9. The molecule has 1 aliphatic carbocycles. The summed E-state index contributed by atoms with van der Waals surface area (Å²) in [4.78, 5) is 23.8. The van der Waals surface area contributed by atoms with Crippen LogP contribution >= 0.6 is 22.9 Å². The molecule has 0 spiro atoms. The number of thiophene rings is 1. The first-order valence-corrected chi connectivity index (χ1v) is 7.02. The average Bonchev–Trinajstić information content (AvgIpc) is 2.96. The second kappa shape index (κ2) is 5.90. The number of halogens is 1. The van der Waals surface area contributed by atoms with E-state index in [1.54, 1.807) is 12.1 Å². The van der Waals surface area contributed by atoms with E-state index in [0.29, 0.717) is 22.1 Å². The Kier molecular flexibility index (Phi) is 4.44. The maximum absolute atomic E-state index is 11.9. The van der Waals surface area contributed by atoms with E-state index in [2.05, 4.69) is 10.1 Å². The van der Waals surface area contributed by atoms with E-state index < -0.39 is 12.1 Å². The molecule has 1 fully saturated rings. The topological polar surface area (TPSA) is 75.6 Å². The molecule has 1 aromatic rings. The highest BCUT2D eigenvalue weighted by molar-refractivity contribution is 7.17. The van der Waals surface area contributed by atoms with Crippen molar-refractivity contribution in [2.45, 2.75) is 25.0 Å². The van der Waals surface area contributed by atoms with Gasteiger partial charge in [-0.15, -0.1) is 11.3 Å². The average molecular weight is 304 g/mol. The van der Waals surface area contributed by atoms with Crippen molar-refractivity contribution in [1.82, 2.24) is 5.32 Å². The van der Waals surface area contributed by atoms with Crippen LogP contribution in [-0.4, -0.2) is 36.2 Å². The van der Waals surface area contributed by atoms with Gasteiger partial charge in [-0.05, 0) is 25.0 Å². The van der Waals surface area contributed by atoms with Crippen LogP contribution in [0.5, 0.6) is 0 Å². The predicted octanol–water partition coefficient (Wildman–Crippen LogP) is 1.44. The Bertz CT molecular complexity index is 490. The van der Waals surface area contributed by atoms with Gasteiger partial charge in [-0.25, -0.2) is 0 Å². The summed E-state index contributed by atoms with van der Waals surface area (Å²) in [6.45, 7) is 0. The second-order valence-electron chi connectivity index (χ2n) is 4.44. The molecule has 0 radical (unpaired) electrons. The molecule has 0 aromatic carbocycles. The van der Waals surface area contributed by atoms with Gasteiger partial charge >= 0.3 is 5.97 Å². The molecule has 1 amide bonds. The van der Waals surface area contributed by atoms with E-state index in [1.165, 1.54) is 18.4 Å². The summed E-state index contributed by atoms with van der Waals surface area (Å²) in [7, 11) is 1.31. The van der Waals surface area contributed by atoms with Gasteiger partial charge in [-0.1, -0.05) is 11.6 Å². The van der Waals surface area contributed by atoms with E-state index in [1.807, 2.05) is 0 Å². The Morgan fingerprint density at radius 1 is 1.47 bits per heavy atom. The SMILES string of the molecule is COC(=O)[C@H]1C[C@@H](O)[C@@H](NC(=O)c2ccc(Cl)s2)C1. The number of aliphatic hydroxyl groups excluding tert-OH is 1. The van der Waals surface area contributed by atoms with Crippen LogP contribution in [-0.2, 0) is 9.53 Å². The lowest BCUT2D eigenvalue weighted by Gasteiger charge is -2.15. The van der Waals surface area contributed by atoms with Crippen LogP contribution in [0.2, 0.25) is 4.34 Å². The number of rotatable bonds is 3. The Hall–Kier alpha value is -1.11. The van der Waals surface area contributed by atoms with Gasteiger partial charge in [0.05, 0.1) is 34.4 Å². The fourth-order valence-electron chi connectivity index (χ4n) is 2.21. The third kappa shape index (κ3) is 3.26. The van der Waals surface area contributed by atoms with Crippen LogP contribution in [0.25, 0.3) is 0 Å². The van der Waals surface area contributed by atoms with Gasteiger partial charge in [0, 0.05) is 0 Å². The normalized spacial score (nSPS) is 26.2. The van der Waals surface area contributed by atoms with E-state index in [9.17, 15) is 14.7 Å². The first-order chi connectivity index (χ1) is 9.01. The van der Waals surface area contributed by atoms with Crippen molar-refractivity contribution in [2.75, 3.05) is 7.11 Å². The van der Waals surface area contributed by atoms with Crippen LogP contribution < -0.4 is 5.32 Å². The van der Waals surface area contributed by atoms with Crippen LogP contribution in [0.3, 0.4) is 0 Å². The second-order valence-corrected chi connectivity index (χ2v) is 6.16. The summed E-state index contributed by atoms with van der Waals surface area (Å²) in [5.74, 6) is -1.00. The van der Waals surface area contributed by atoms with Crippen molar-refractivity contribution >= 4 is 34.8 Å². The van der Waals surface area contributed by atoms with Crippen molar-refractivity contribution in [3.8, 4) is 0 Å². The molecular weight excluding hydrogens is 290 g/mol. The quantitative estimate of drug-likeness (QED) is 0.829. The van der Waals surface area contributed by atoms with Gasteiger partial charge in [-0.3, -0.25) is 9.59 Å². The fraction of sp³-hybridized carbons (Fsp3) is 0.500. The Morgan fingerprint density at radius 2 is 2.21 bits per heavy atom. The zero-order chi connectivity index (χ0) is 14.0. The number of ether oxygens (including phenoxy) is 1. The first kappa shape index (κ1) is 14.3. The van der Waals surface area contributed by atoms with Gasteiger partial charge in [0.1, 0.15) is 0 Å². The monoisotopic (exact) mass is 303 g/mol. The number of esters is 1. The molecule has 0 aliphatic heterocycles. The van der Waals surface area contributed by atoms with E-state index >= 15 is 0 Å². The van der Waals surface area contributed by atoms with Crippen LogP contribution in [0.4, 0.5) is 0 Å². The summed E-state index contributed by atoms with van der Waals surface area (Å²) in [5.41, 5.74) is 0. The smallest absolute Gasteiger partial charge is 0.308 e. The van der Waals surface area contributed by atoms with Crippen molar-refractivity contribution in [3.05, 3.63) is 21.3 Å². The minimum absolute atomic E-state index is 0.286. The highest BCUT2D eigenvalue weighted by Crippen LogP contribution is 2.28. The zero-order valence-electron chi connectivity index (χ0n) is 10.3. The third-order valence-electron chi connectivity index (χ3n) is 3.18. The summed E-state index contributed by atoms with van der Waals surface area (Å²) >= 11 is 6.93. The largest absolute Gasteiger partial charge is 0.469 e. The van der Waals surface area contributed by atoms with Crippen LogP contribution in [0, 0.1) is 5.92 Å². The van der Waals surface area contributed by atoms with E-state index in [-0.39, 0.29) is 17.8 Å². The number of amides is 1. The van der Waals surface area contributed by atoms with Crippen molar-refractivity contribution in [2.24, 2.45) is 5.92 Å². The molecule has 7 heteroatoms. The summed E-state index contributed by atoms with van der Waals surface area (Å²) in [6.07, 6.45) is -0.0369. The van der Waals surface area contributed by atoms with Gasteiger partial charge in [0.2, 0.25) is 0 Å². The van der Waals surface area contributed by atoms with Gasteiger partial charge in [-0.2, -0.15) is 0 Å². The summed E-state index contributed by atoms with van der Waals surface area (Å²) in [6, 6.07) is 2.84. The fourth-order valence-corrected chi connectivity index (χ4v) is 3.15. The lowest BCUT2D eigenvalue weighted by Crippen LogP contribution is -2.39. The molecule has 19 heavy (non-hydrogen) atoms. The zero-order valence-corrected chi connectivity index (χ0v) is 11.8. The number of carbonyl (C=O) groups is 2. The van der Waals surface area contributed by atoms with E-state index in [4.69, 9.17) is 11.6 Å². The molecule has 0 saturated heterocycles. The van der Waals surface area contributed by atoms with Crippen molar-refractivity contribution < 1.29 is 19.4 Å². The molecule has 3 atom stereocenters. The molecule has 0 unspecified atom stereocenters. The molecule has 2 rings (SSSR count). The standard InChI is InChI=1S/C12H14ClNO4S/c1-18-12(17)6-4-7(8(15)5-6)14-11(16)9-2-3-10(13)19-9/h2-3,6-8,15H,4-5H2,1H3,(H,14,16)/t6-,7+,8-/m1/s1. The molecule has 1 heterocycles. The molecule has 1 aliphatic rings. The Balaban J connectivity index is 1.96. The highest BCUT2D eigenvalue weighted by Gasteiger charge is 2.38. The molecule has 5 nitrogen and oxygen atoms in total. The number of methoxy groups -OCH3 is 1. The minimum atomic E-state index is -0.733. The molecule has 1 aromatic heterocycles. The van der Waals surface area contributed by atoms with Gasteiger partial charge in [0.15, 0.2) is 0 Å². The van der Waals surface area contributed by atoms with Crippen molar-refractivity contribution in [1.29, 1.82) is 0 Å². The molecule has 2 N–H and O–H groups in total. The predicted molar refractivity (Wildman–Crippen MR) is 71.3 cm³/mol. The number of hydrogen-bond acceptors (Lipinski definition) is 5. The number of aliphatic hydroxyl groups is 1. The summed E-state index contributed by atoms with van der Waals surface area (Å²) < 4.78 is 5.18. The molecule has 1 saturated carbocycles. The first-order valence-electron chi connectivity index (χ1n) is 5.83. The third-order valence-corrected chi connectivity index (χ3v) is 4.41. The number of carbonyl (C=O) groups excluding carboxylic acids is 2. The lowest BCUT2D eigenvalue weighted by atomic mass is 10.1. The molecule has 104 valence electrons. The van der Waals surface area contributed by atoms with Crippen LogP contribution in [0.15, 0.2) is 12.1 Å². The van der Waals surface area contributed by atoms with Crippen molar-refractivity contribution in [3.63, 3.8) is 0 Å². The van der Waals surface area contributed by atoms with Crippen LogP contribution in [0.1, 0.15) is 22.5 Å². The minimum Gasteiger partial charge on any atom is -0.469 e. The Labute approximate surface area is 119 Å². The van der Waals surface area contributed by atoms with E-state index in [0.717, 1.165) is 0 Å².